The molecule has 0 bridgehead atoms. The average molecular weight is 196 g/mol. The molecule has 0 saturated heterocycles. The molecule has 0 N–H and O–H groups in total. The van der Waals surface area contributed by atoms with Crippen LogP contribution in [0.4, 0.5) is 0 Å². The van der Waals surface area contributed by atoms with Gasteiger partial charge in [0.15, 0.2) is 0 Å². The first-order valence-corrected chi connectivity index (χ1v) is 5.22. The summed E-state index contributed by atoms with van der Waals surface area (Å²) in [5.41, 5.74) is 1.01. The van der Waals surface area contributed by atoms with Crippen LogP contribution in [0.3, 0.4) is 0 Å². The fourth-order valence-corrected chi connectivity index (χ4v) is 2.54. The summed E-state index contributed by atoms with van der Waals surface area (Å²) in [4.78, 5) is 11.0. The van der Waals surface area contributed by atoms with Gasteiger partial charge in [0.2, 0.25) is 0 Å². The highest BCUT2D eigenvalue weighted by Crippen LogP contribution is 2.41. The van der Waals surface area contributed by atoms with Crippen LogP contribution in [-0.2, 0) is 9.53 Å². The smallest absolute Gasteiger partial charge is 0.303 e. The zero-order valence-corrected chi connectivity index (χ0v) is 9.76. The quantitative estimate of drug-likeness (QED) is 0.501. The van der Waals surface area contributed by atoms with Gasteiger partial charge in [0.1, 0.15) is 5.60 Å². The molecule has 0 heterocycles. The Kier molecular flexibility index (Phi) is 3.03. The number of hydrogen-bond donors (Lipinski definition) is 0. The largest absolute Gasteiger partial charge is 0.459 e. The first kappa shape index (κ1) is 11.3. The van der Waals surface area contributed by atoms with Crippen molar-refractivity contribution in [3.05, 3.63) is 11.6 Å². The average Bonchev–Trinajstić information content (AvgIpc) is 2.23. The Morgan fingerprint density at radius 1 is 1.64 bits per heavy atom. The van der Waals surface area contributed by atoms with Crippen LogP contribution in [0.15, 0.2) is 11.6 Å². The molecule has 0 radical (unpaired) electrons. The minimum atomic E-state index is -0.315. The van der Waals surface area contributed by atoms with Gasteiger partial charge in [-0.1, -0.05) is 25.5 Å². The van der Waals surface area contributed by atoms with E-state index < -0.39 is 0 Å². The molecule has 0 spiro atoms. The number of carbonyl (C=O) groups excluding carboxylic acids is 1. The van der Waals surface area contributed by atoms with Crippen molar-refractivity contribution in [3.8, 4) is 0 Å². The normalized spacial score (nSPS) is 31.9. The Bertz CT molecular complexity index is 265. The number of carbonyl (C=O) groups is 1. The van der Waals surface area contributed by atoms with Crippen molar-refractivity contribution >= 4 is 5.97 Å². The first-order valence-electron chi connectivity index (χ1n) is 5.22. The van der Waals surface area contributed by atoms with Crippen molar-refractivity contribution < 1.29 is 9.53 Å². The summed E-state index contributed by atoms with van der Waals surface area (Å²) in [6.45, 7) is 9.95. The highest BCUT2D eigenvalue weighted by atomic mass is 16.6. The lowest BCUT2D eigenvalue weighted by Crippen LogP contribution is -2.38. The monoisotopic (exact) mass is 196 g/mol. The zero-order chi connectivity index (χ0) is 10.9. The molecule has 0 fully saturated rings. The lowest BCUT2D eigenvalue weighted by Gasteiger charge is -2.33. The lowest BCUT2D eigenvalue weighted by atomic mass is 9.83. The standard InChI is InChI=1S/C12H20O2/c1-8(2)11-6-9(3)7-12(11,5)14-10(4)13/h6,8,11H,7H2,1-5H3. The van der Waals surface area contributed by atoms with Crippen LogP contribution in [0.25, 0.3) is 0 Å². The minimum absolute atomic E-state index is 0.179. The predicted octanol–water partition coefficient (Wildman–Crippen LogP) is 2.93. The van der Waals surface area contributed by atoms with Gasteiger partial charge in [-0.25, -0.2) is 0 Å². The van der Waals surface area contributed by atoms with E-state index in [9.17, 15) is 4.79 Å². The first-order chi connectivity index (χ1) is 6.35. The molecule has 80 valence electrons. The van der Waals surface area contributed by atoms with Gasteiger partial charge in [0.05, 0.1) is 0 Å². The summed E-state index contributed by atoms with van der Waals surface area (Å²) >= 11 is 0. The van der Waals surface area contributed by atoms with E-state index in [1.807, 2.05) is 6.92 Å². The van der Waals surface area contributed by atoms with Crippen LogP contribution < -0.4 is 0 Å². The van der Waals surface area contributed by atoms with Gasteiger partial charge in [-0.15, -0.1) is 0 Å². The van der Waals surface area contributed by atoms with Crippen LogP contribution in [0.5, 0.6) is 0 Å². The molecule has 0 amide bonds. The molecule has 2 unspecified atom stereocenters. The molecule has 1 rings (SSSR count). The fraction of sp³-hybridized carbons (Fsp3) is 0.750. The molecular weight excluding hydrogens is 176 g/mol. The fourth-order valence-electron chi connectivity index (χ4n) is 2.54. The lowest BCUT2D eigenvalue weighted by molar-refractivity contribution is -0.159. The molecule has 1 aliphatic carbocycles. The molecule has 1 aliphatic rings. The maximum Gasteiger partial charge on any atom is 0.303 e. The third-order valence-electron chi connectivity index (χ3n) is 2.89. The second-order valence-corrected chi connectivity index (χ2v) is 4.87. The van der Waals surface area contributed by atoms with Gasteiger partial charge in [-0.3, -0.25) is 4.79 Å². The van der Waals surface area contributed by atoms with Gasteiger partial charge >= 0.3 is 5.97 Å². The van der Waals surface area contributed by atoms with Gasteiger partial charge in [0.25, 0.3) is 0 Å². The van der Waals surface area contributed by atoms with Crippen molar-refractivity contribution in [3.63, 3.8) is 0 Å². The van der Waals surface area contributed by atoms with Crippen molar-refractivity contribution in [1.82, 2.24) is 0 Å². The Morgan fingerprint density at radius 3 is 2.64 bits per heavy atom. The van der Waals surface area contributed by atoms with Crippen LogP contribution in [0, 0.1) is 11.8 Å². The summed E-state index contributed by atoms with van der Waals surface area (Å²) in [6, 6.07) is 0. The Labute approximate surface area is 86.3 Å². The van der Waals surface area contributed by atoms with E-state index in [4.69, 9.17) is 4.74 Å². The van der Waals surface area contributed by atoms with E-state index in [-0.39, 0.29) is 11.6 Å². The minimum Gasteiger partial charge on any atom is -0.459 e. The SMILES string of the molecule is CC(=O)OC1(C)CC(C)=CC1C(C)C. The van der Waals surface area contributed by atoms with Gasteiger partial charge in [-0.05, 0) is 19.8 Å². The van der Waals surface area contributed by atoms with Crippen LogP contribution in [0.2, 0.25) is 0 Å². The summed E-state index contributed by atoms with van der Waals surface area (Å²) in [5, 5.41) is 0. The summed E-state index contributed by atoms with van der Waals surface area (Å²) in [5.74, 6) is 0.685. The van der Waals surface area contributed by atoms with Crippen molar-refractivity contribution in [1.29, 1.82) is 0 Å². The number of hydrogen-bond acceptors (Lipinski definition) is 2. The highest BCUT2D eigenvalue weighted by Gasteiger charge is 2.41. The Morgan fingerprint density at radius 2 is 2.21 bits per heavy atom. The van der Waals surface area contributed by atoms with Gasteiger partial charge in [0, 0.05) is 19.3 Å². The van der Waals surface area contributed by atoms with Crippen molar-refractivity contribution in [2.24, 2.45) is 11.8 Å². The van der Waals surface area contributed by atoms with E-state index in [0.29, 0.717) is 11.8 Å². The van der Waals surface area contributed by atoms with E-state index in [2.05, 4.69) is 26.8 Å². The third kappa shape index (κ3) is 2.17. The number of ether oxygens (including phenoxy) is 1. The topological polar surface area (TPSA) is 26.3 Å². The van der Waals surface area contributed by atoms with Crippen molar-refractivity contribution in [2.45, 2.75) is 46.6 Å². The van der Waals surface area contributed by atoms with E-state index in [1.165, 1.54) is 12.5 Å². The summed E-state index contributed by atoms with van der Waals surface area (Å²) < 4.78 is 5.45. The molecule has 0 saturated carbocycles. The van der Waals surface area contributed by atoms with E-state index >= 15 is 0 Å². The maximum absolute atomic E-state index is 11.0. The molecule has 14 heavy (non-hydrogen) atoms. The molecule has 0 aromatic heterocycles. The number of esters is 1. The Balaban J connectivity index is 2.84. The molecule has 0 aromatic carbocycles. The molecule has 0 aromatic rings. The molecular formula is C12H20O2. The van der Waals surface area contributed by atoms with Gasteiger partial charge in [-0.2, -0.15) is 0 Å². The summed E-state index contributed by atoms with van der Waals surface area (Å²) in [7, 11) is 0. The van der Waals surface area contributed by atoms with Crippen LogP contribution >= 0.6 is 0 Å². The Hall–Kier alpha value is -0.790. The van der Waals surface area contributed by atoms with Gasteiger partial charge < -0.3 is 4.74 Å². The summed E-state index contributed by atoms with van der Waals surface area (Å²) in [6.07, 6.45) is 3.11. The second kappa shape index (κ2) is 3.76. The third-order valence-corrected chi connectivity index (χ3v) is 2.89. The molecule has 0 aliphatic heterocycles. The van der Waals surface area contributed by atoms with E-state index in [1.54, 1.807) is 0 Å². The van der Waals surface area contributed by atoms with Crippen LogP contribution in [0.1, 0.15) is 41.0 Å². The van der Waals surface area contributed by atoms with Crippen LogP contribution in [-0.4, -0.2) is 11.6 Å². The second-order valence-electron chi connectivity index (χ2n) is 4.87. The predicted molar refractivity (Wildman–Crippen MR) is 56.9 cm³/mol. The molecule has 2 nitrogen and oxygen atoms in total. The maximum atomic E-state index is 11.0. The number of rotatable bonds is 2. The van der Waals surface area contributed by atoms with Crippen molar-refractivity contribution in [2.75, 3.05) is 0 Å². The zero-order valence-electron chi connectivity index (χ0n) is 9.76. The molecule has 2 heteroatoms. The molecule has 2 atom stereocenters. The highest BCUT2D eigenvalue weighted by molar-refractivity contribution is 5.66. The van der Waals surface area contributed by atoms with E-state index in [0.717, 1.165) is 6.42 Å².